The molecule has 0 aliphatic rings. The summed E-state index contributed by atoms with van der Waals surface area (Å²) in [7, 11) is 0. The molecule has 1 aromatic carbocycles. The van der Waals surface area contributed by atoms with E-state index in [0.717, 1.165) is 6.42 Å². The van der Waals surface area contributed by atoms with Gasteiger partial charge in [-0.2, -0.15) is 0 Å². The van der Waals surface area contributed by atoms with Crippen molar-refractivity contribution < 1.29 is 9.53 Å². The Morgan fingerprint density at radius 3 is 2.25 bits per heavy atom. The molecule has 2 nitrogen and oxygen atoms in total. The van der Waals surface area contributed by atoms with Crippen LogP contribution in [0, 0.1) is 5.92 Å². The molecule has 1 aromatic rings. The molecule has 16 heavy (non-hydrogen) atoms. The van der Waals surface area contributed by atoms with Crippen LogP contribution in [0.5, 0.6) is 5.75 Å². The van der Waals surface area contributed by atoms with Gasteiger partial charge < -0.3 is 4.74 Å². The summed E-state index contributed by atoms with van der Waals surface area (Å²) >= 11 is 0. The molecule has 0 saturated heterocycles. The molecule has 0 amide bonds. The Hall–Kier alpha value is -0.310. The van der Waals surface area contributed by atoms with E-state index in [0.29, 0.717) is 18.1 Å². The Kier molecular flexibility index (Phi) is 7.73. The number of hydrogen-bond donors (Lipinski definition) is 0. The Bertz CT molecular complexity index is 317. The third-order valence-corrected chi connectivity index (χ3v) is 2.09. The fourth-order valence-corrected chi connectivity index (χ4v) is 1.37. The number of carbonyl (C=O) groups excluding carboxylic acids is 1. The monoisotopic (exact) mass is 230 g/mol. The second-order valence-corrected chi connectivity index (χ2v) is 4.07. The molecule has 0 radical (unpaired) electrons. The van der Waals surface area contributed by atoms with Crippen LogP contribution in [0.15, 0.2) is 24.3 Å². The topological polar surface area (TPSA) is 26.3 Å². The zero-order valence-electron chi connectivity index (χ0n) is 9.62. The molecular weight excluding hydrogens is 211 g/mol. The van der Waals surface area contributed by atoms with Gasteiger partial charge in [-0.25, -0.2) is 0 Å². The van der Waals surface area contributed by atoms with E-state index in [1.807, 2.05) is 24.3 Å². The predicted molar refractivity (Wildman–Crippen MR) is 68.1 cm³/mol. The van der Waals surface area contributed by atoms with E-state index in [-0.39, 0.29) is 35.5 Å². The molecule has 1 rings (SSSR count). The van der Waals surface area contributed by atoms with Gasteiger partial charge in [-0.05, 0) is 30.0 Å². The molecule has 0 bridgehead atoms. The van der Waals surface area contributed by atoms with Crippen molar-refractivity contribution in [3.63, 3.8) is 0 Å². The first-order valence-corrected chi connectivity index (χ1v) is 5.41. The Morgan fingerprint density at radius 2 is 1.81 bits per heavy atom. The number of rotatable bonds is 4. The molecule has 3 heteroatoms. The quantitative estimate of drug-likeness (QED) is 0.451. The van der Waals surface area contributed by atoms with Crippen LogP contribution in [-0.2, 0) is 11.2 Å². The molecule has 84 valence electrons. The number of benzene rings is 1. The average molecular weight is 230 g/mol. The third kappa shape index (κ3) is 5.69. The summed E-state index contributed by atoms with van der Waals surface area (Å²) in [5.74, 6) is 1.09. The Labute approximate surface area is 120 Å². The molecule has 0 fully saturated rings. The van der Waals surface area contributed by atoms with Crippen LogP contribution in [0.25, 0.3) is 0 Å². The number of ether oxygens (including phenoxy) is 1. The summed E-state index contributed by atoms with van der Waals surface area (Å²) in [5, 5.41) is 0. The van der Waals surface area contributed by atoms with Crippen molar-refractivity contribution in [2.24, 2.45) is 5.92 Å². The van der Waals surface area contributed by atoms with Gasteiger partial charge in [0.25, 0.3) is 0 Å². The molecule has 0 atom stereocenters. The molecule has 0 N–H and O–H groups in total. The SMILES string of the molecule is CCC(=O)Oc1ccc(CC(C)C)cc1.[NaH]. The maximum atomic E-state index is 11.0. The summed E-state index contributed by atoms with van der Waals surface area (Å²) in [6, 6.07) is 7.73. The van der Waals surface area contributed by atoms with E-state index in [1.165, 1.54) is 5.56 Å². The maximum absolute atomic E-state index is 11.0. The predicted octanol–water partition coefficient (Wildman–Crippen LogP) is 2.55. The zero-order chi connectivity index (χ0) is 11.3. The molecule has 0 spiro atoms. The summed E-state index contributed by atoms with van der Waals surface area (Å²) in [4.78, 5) is 11.0. The van der Waals surface area contributed by atoms with E-state index >= 15 is 0 Å². The van der Waals surface area contributed by atoms with Crippen LogP contribution in [0.1, 0.15) is 32.8 Å². The summed E-state index contributed by atoms with van der Waals surface area (Å²) in [5.41, 5.74) is 1.28. The fourth-order valence-electron chi connectivity index (χ4n) is 1.37. The van der Waals surface area contributed by atoms with Crippen molar-refractivity contribution in [3.8, 4) is 5.75 Å². The van der Waals surface area contributed by atoms with Gasteiger partial charge in [0, 0.05) is 6.42 Å². The van der Waals surface area contributed by atoms with E-state index < -0.39 is 0 Å². The summed E-state index contributed by atoms with van der Waals surface area (Å²) < 4.78 is 5.08. The molecule has 0 saturated carbocycles. The normalized spacial score (nSPS) is 9.75. The van der Waals surface area contributed by atoms with Gasteiger partial charge in [-0.1, -0.05) is 32.9 Å². The fraction of sp³-hybridized carbons (Fsp3) is 0.462. The first kappa shape index (κ1) is 15.7. The van der Waals surface area contributed by atoms with Crippen LogP contribution >= 0.6 is 0 Å². The molecule has 0 unspecified atom stereocenters. The van der Waals surface area contributed by atoms with E-state index in [2.05, 4.69) is 13.8 Å². The first-order valence-electron chi connectivity index (χ1n) is 5.41. The average Bonchev–Trinajstić information content (AvgIpc) is 2.20. The zero-order valence-corrected chi connectivity index (χ0v) is 9.62. The Morgan fingerprint density at radius 1 is 1.25 bits per heavy atom. The van der Waals surface area contributed by atoms with Gasteiger partial charge in [0.2, 0.25) is 0 Å². The molecular formula is C13H19NaO2. The van der Waals surface area contributed by atoms with Gasteiger partial charge in [0.05, 0.1) is 0 Å². The van der Waals surface area contributed by atoms with Gasteiger partial charge in [0.1, 0.15) is 5.75 Å². The van der Waals surface area contributed by atoms with Crippen molar-refractivity contribution in [2.45, 2.75) is 33.6 Å². The third-order valence-electron chi connectivity index (χ3n) is 2.09. The first-order chi connectivity index (χ1) is 7.11. The minimum absolute atomic E-state index is 0. The van der Waals surface area contributed by atoms with Crippen LogP contribution in [-0.4, -0.2) is 35.5 Å². The molecule has 0 aromatic heterocycles. The molecule has 0 aliphatic heterocycles. The second kappa shape index (κ2) is 7.88. The van der Waals surface area contributed by atoms with Crippen molar-refractivity contribution in [2.75, 3.05) is 0 Å². The molecule has 0 aliphatic carbocycles. The van der Waals surface area contributed by atoms with E-state index in [9.17, 15) is 4.79 Å². The van der Waals surface area contributed by atoms with Crippen molar-refractivity contribution >= 4 is 35.5 Å². The second-order valence-electron chi connectivity index (χ2n) is 4.07. The summed E-state index contributed by atoms with van der Waals surface area (Å²) in [6.07, 6.45) is 1.47. The summed E-state index contributed by atoms with van der Waals surface area (Å²) in [6.45, 7) is 6.16. The number of esters is 1. The van der Waals surface area contributed by atoms with Crippen LogP contribution < -0.4 is 4.74 Å². The van der Waals surface area contributed by atoms with Crippen molar-refractivity contribution in [1.82, 2.24) is 0 Å². The van der Waals surface area contributed by atoms with Crippen LogP contribution in [0.4, 0.5) is 0 Å². The molecule has 0 heterocycles. The number of carbonyl (C=O) groups is 1. The number of hydrogen-bond acceptors (Lipinski definition) is 2. The van der Waals surface area contributed by atoms with Gasteiger partial charge >= 0.3 is 35.5 Å². The van der Waals surface area contributed by atoms with Crippen LogP contribution in [0.3, 0.4) is 0 Å². The van der Waals surface area contributed by atoms with Gasteiger partial charge in [-0.3, -0.25) is 4.79 Å². The van der Waals surface area contributed by atoms with Gasteiger partial charge in [-0.15, -0.1) is 0 Å². The Balaban J connectivity index is 0.00000225. The van der Waals surface area contributed by atoms with Crippen LogP contribution in [0.2, 0.25) is 0 Å². The van der Waals surface area contributed by atoms with Gasteiger partial charge in [0.15, 0.2) is 0 Å². The minimum atomic E-state index is -0.188. The standard InChI is InChI=1S/C13H18O2.Na.H/c1-4-13(14)15-12-7-5-11(6-8-12)9-10(2)3;;/h5-8,10H,4,9H2,1-3H3;;. The van der Waals surface area contributed by atoms with E-state index in [1.54, 1.807) is 6.92 Å². The van der Waals surface area contributed by atoms with Crippen molar-refractivity contribution in [3.05, 3.63) is 29.8 Å². The van der Waals surface area contributed by atoms with E-state index in [4.69, 9.17) is 4.74 Å². The van der Waals surface area contributed by atoms with Crippen molar-refractivity contribution in [1.29, 1.82) is 0 Å².